The number of aromatic nitrogens is 1. The number of benzene rings is 2. The molecule has 0 unspecified atom stereocenters. The van der Waals surface area contributed by atoms with Crippen LogP contribution in [0.2, 0.25) is 0 Å². The molecule has 3 aromatic rings. The zero-order chi connectivity index (χ0) is 21.3. The van der Waals surface area contributed by atoms with E-state index in [-0.39, 0.29) is 5.97 Å². The lowest BCUT2D eigenvalue weighted by atomic mass is 10.1. The molecule has 6 heteroatoms. The Morgan fingerprint density at radius 1 is 1.03 bits per heavy atom. The van der Waals surface area contributed by atoms with Crippen molar-refractivity contribution in [2.24, 2.45) is 0 Å². The summed E-state index contributed by atoms with van der Waals surface area (Å²) in [5.41, 5.74) is 4.80. The molecule has 0 aliphatic rings. The maximum absolute atomic E-state index is 11.8. The zero-order valence-corrected chi connectivity index (χ0v) is 18.0. The van der Waals surface area contributed by atoms with Crippen LogP contribution in [0.3, 0.4) is 0 Å². The normalized spacial score (nSPS) is 10.3. The Labute approximate surface area is 182 Å². The number of hydrogen-bond donors (Lipinski definition) is 1. The highest BCUT2D eigenvalue weighted by molar-refractivity contribution is 7.80. The molecule has 0 saturated heterocycles. The Balaban J connectivity index is 1.73. The average molecular weight is 420 g/mol. The van der Waals surface area contributed by atoms with E-state index in [2.05, 4.69) is 46.4 Å². The summed E-state index contributed by atoms with van der Waals surface area (Å²) in [6.07, 6.45) is 3.61. The van der Waals surface area contributed by atoms with Gasteiger partial charge < -0.3 is 15.0 Å². The van der Waals surface area contributed by atoms with Crippen LogP contribution >= 0.6 is 12.2 Å². The number of hydrogen-bond acceptors (Lipinski definition) is 4. The van der Waals surface area contributed by atoms with Gasteiger partial charge in [0.15, 0.2) is 5.11 Å². The number of esters is 1. The van der Waals surface area contributed by atoms with E-state index < -0.39 is 0 Å². The molecule has 0 saturated carbocycles. The fraction of sp³-hybridized carbons (Fsp3) is 0.208. The Hall–Kier alpha value is -3.25. The number of carbonyl (C=O) groups excluding carboxylic acids is 1. The number of thiocarbonyl (C=S) groups is 1. The molecule has 154 valence electrons. The van der Waals surface area contributed by atoms with Gasteiger partial charge in [-0.3, -0.25) is 4.98 Å². The predicted octanol–water partition coefficient (Wildman–Crippen LogP) is 4.97. The van der Waals surface area contributed by atoms with Crippen molar-refractivity contribution in [1.29, 1.82) is 0 Å². The first-order chi connectivity index (χ1) is 14.5. The smallest absolute Gasteiger partial charge is 0.338 e. The molecule has 0 aliphatic heterocycles. The molecule has 0 amide bonds. The topological polar surface area (TPSA) is 54.5 Å². The van der Waals surface area contributed by atoms with Crippen LogP contribution in [0.15, 0.2) is 73.1 Å². The van der Waals surface area contributed by atoms with E-state index >= 15 is 0 Å². The molecule has 0 radical (unpaired) electrons. The number of aryl methyl sites for hydroxylation is 1. The fourth-order valence-corrected chi connectivity index (χ4v) is 3.18. The lowest BCUT2D eigenvalue weighted by Gasteiger charge is -2.26. The molecule has 2 aromatic carbocycles. The van der Waals surface area contributed by atoms with Crippen LogP contribution in [0, 0.1) is 6.92 Å². The summed E-state index contributed by atoms with van der Waals surface area (Å²) < 4.78 is 5.03. The molecule has 0 atom stereocenters. The number of anilines is 1. The first-order valence-electron chi connectivity index (χ1n) is 9.82. The van der Waals surface area contributed by atoms with E-state index in [1.807, 2.05) is 30.5 Å². The fourth-order valence-electron chi connectivity index (χ4n) is 2.93. The summed E-state index contributed by atoms with van der Waals surface area (Å²) >= 11 is 5.71. The van der Waals surface area contributed by atoms with Crippen molar-refractivity contribution in [1.82, 2.24) is 9.88 Å². The molecular formula is C24H25N3O2S. The van der Waals surface area contributed by atoms with Crippen LogP contribution in [-0.2, 0) is 17.8 Å². The van der Waals surface area contributed by atoms with E-state index in [1.165, 1.54) is 11.1 Å². The Morgan fingerprint density at radius 2 is 1.73 bits per heavy atom. The number of ether oxygens (including phenoxy) is 1. The number of nitrogens with one attached hydrogen (secondary N) is 1. The van der Waals surface area contributed by atoms with Crippen molar-refractivity contribution in [3.63, 3.8) is 0 Å². The highest BCUT2D eigenvalue weighted by Gasteiger charge is 2.13. The van der Waals surface area contributed by atoms with Gasteiger partial charge in [0.2, 0.25) is 0 Å². The van der Waals surface area contributed by atoms with Gasteiger partial charge in [0, 0.05) is 31.2 Å². The summed E-state index contributed by atoms with van der Waals surface area (Å²) in [5.74, 6) is -0.329. The minimum atomic E-state index is -0.329. The standard InChI is InChI=1S/C24H25N3O2S/c1-3-29-23(28)21-10-12-22(13-11-21)26-24(30)27(17-20-5-4-14-25-15-20)16-19-8-6-18(2)7-9-19/h4-15H,3,16-17H2,1-2H3,(H,26,30). The highest BCUT2D eigenvalue weighted by atomic mass is 32.1. The Bertz CT molecular complexity index is 974. The molecule has 0 fully saturated rings. The van der Waals surface area contributed by atoms with Gasteiger partial charge in [0.05, 0.1) is 12.2 Å². The van der Waals surface area contributed by atoms with Crippen molar-refractivity contribution in [2.45, 2.75) is 26.9 Å². The quantitative estimate of drug-likeness (QED) is 0.431. The monoisotopic (exact) mass is 419 g/mol. The summed E-state index contributed by atoms with van der Waals surface area (Å²) in [5, 5.41) is 3.88. The molecule has 3 rings (SSSR count). The van der Waals surface area contributed by atoms with Crippen molar-refractivity contribution < 1.29 is 9.53 Å². The molecular weight excluding hydrogens is 394 g/mol. The van der Waals surface area contributed by atoms with Gasteiger partial charge in [0.1, 0.15) is 0 Å². The Morgan fingerprint density at radius 3 is 2.37 bits per heavy atom. The third-order valence-corrected chi connectivity index (χ3v) is 4.89. The maximum atomic E-state index is 11.8. The lowest BCUT2D eigenvalue weighted by molar-refractivity contribution is 0.0526. The molecule has 1 aromatic heterocycles. The molecule has 1 N–H and O–H groups in total. The summed E-state index contributed by atoms with van der Waals surface area (Å²) in [4.78, 5) is 18.1. The minimum Gasteiger partial charge on any atom is -0.462 e. The van der Waals surface area contributed by atoms with Crippen LogP contribution in [0.5, 0.6) is 0 Å². The van der Waals surface area contributed by atoms with E-state index in [0.717, 1.165) is 11.3 Å². The second-order valence-electron chi connectivity index (χ2n) is 6.93. The lowest BCUT2D eigenvalue weighted by Crippen LogP contribution is -2.33. The summed E-state index contributed by atoms with van der Waals surface area (Å²) in [7, 11) is 0. The van der Waals surface area contributed by atoms with Crippen LogP contribution in [0.1, 0.15) is 34.0 Å². The van der Waals surface area contributed by atoms with Gasteiger partial charge in [-0.05, 0) is 67.5 Å². The SMILES string of the molecule is CCOC(=O)c1ccc(NC(=S)N(Cc2ccc(C)cc2)Cc2cccnc2)cc1. The number of carbonyl (C=O) groups is 1. The maximum Gasteiger partial charge on any atom is 0.338 e. The van der Waals surface area contributed by atoms with Gasteiger partial charge in [0.25, 0.3) is 0 Å². The molecule has 30 heavy (non-hydrogen) atoms. The largest absolute Gasteiger partial charge is 0.462 e. The van der Waals surface area contributed by atoms with Gasteiger partial charge in [-0.25, -0.2) is 4.79 Å². The van der Waals surface area contributed by atoms with Gasteiger partial charge in [-0.2, -0.15) is 0 Å². The van der Waals surface area contributed by atoms with Crippen molar-refractivity contribution in [2.75, 3.05) is 11.9 Å². The zero-order valence-electron chi connectivity index (χ0n) is 17.2. The van der Waals surface area contributed by atoms with Gasteiger partial charge in [-0.1, -0.05) is 35.9 Å². The second-order valence-corrected chi connectivity index (χ2v) is 7.32. The van der Waals surface area contributed by atoms with Crippen molar-refractivity contribution in [3.8, 4) is 0 Å². The van der Waals surface area contributed by atoms with Crippen molar-refractivity contribution in [3.05, 3.63) is 95.3 Å². The number of pyridine rings is 1. The number of rotatable bonds is 7. The molecule has 0 aliphatic carbocycles. The second kappa shape index (κ2) is 10.5. The minimum absolute atomic E-state index is 0.329. The van der Waals surface area contributed by atoms with Gasteiger partial charge >= 0.3 is 5.97 Å². The molecule has 5 nitrogen and oxygen atoms in total. The molecule has 1 heterocycles. The van der Waals surface area contributed by atoms with Crippen LogP contribution in [0.4, 0.5) is 5.69 Å². The van der Waals surface area contributed by atoms with E-state index in [4.69, 9.17) is 17.0 Å². The first-order valence-corrected chi connectivity index (χ1v) is 10.2. The summed E-state index contributed by atoms with van der Waals surface area (Å²) in [6, 6.07) is 19.5. The first kappa shape index (κ1) is 21.5. The van der Waals surface area contributed by atoms with E-state index in [1.54, 1.807) is 25.3 Å². The average Bonchev–Trinajstić information content (AvgIpc) is 2.76. The predicted molar refractivity (Wildman–Crippen MR) is 123 cm³/mol. The third-order valence-electron chi connectivity index (χ3n) is 4.52. The van der Waals surface area contributed by atoms with Crippen LogP contribution in [0.25, 0.3) is 0 Å². The van der Waals surface area contributed by atoms with E-state index in [0.29, 0.717) is 30.4 Å². The third kappa shape index (κ3) is 6.12. The van der Waals surface area contributed by atoms with Crippen molar-refractivity contribution >= 4 is 29.0 Å². The molecule has 0 bridgehead atoms. The van der Waals surface area contributed by atoms with E-state index in [9.17, 15) is 4.79 Å². The van der Waals surface area contributed by atoms with Crippen LogP contribution < -0.4 is 5.32 Å². The van der Waals surface area contributed by atoms with Gasteiger partial charge in [-0.15, -0.1) is 0 Å². The Kier molecular flexibility index (Phi) is 7.51. The molecule has 0 spiro atoms. The summed E-state index contributed by atoms with van der Waals surface area (Å²) in [6.45, 7) is 5.52. The number of nitrogens with zero attached hydrogens (tertiary/aromatic N) is 2. The highest BCUT2D eigenvalue weighted by Crippen LogP contribution is 2.15. The van der Waals surface area contributed by atoms with Crippen LogP contribution in [-0.4, -0.2) is 27.6 Å².